The van der Waals surface area contributed by atoms with Crippen LogP contribution in [0.5, 0.6) is 0 Å². The average Bonchev–Trinajstić information content (AvgIpc) is 2.42. The fourth-order valence-corrected chi connectivity index (χ4v) is 2.58. The molecule has 0 saturated carbocycles. The molecule has 0 bridgehead atoms. The molecule has 1 saturated heterocycles. The summed E-state index contributed by atoms with van der Waals surface area (Å²) in [6.45, 7) is 13.3. The highest BCUT2D eigenvalue weighted by Gasteiger charge is 2.25. The van der Waals surface area contributed by atoms with Crippen molar-refractivity contribution in [3.8, 4) is 0 Å². The Morgan fingerprint density at radius 1 is 1.26 bits per heavy atom. The molecule has 3 heteroatoms. The van der Waals surface area contributed by atoms with Crippen LogP contribution in [0.25, 0.3) is 0 Å². The summed E-state index contributed by atoms with van der Waals surface area (Å²) in [7, 11) is 2.18. The lowest BCUT2D eigenvalue weighted by Crippen LogP contribution is -2.42. The summed E-state index contributed by atoms with van der Waals surface area (Å²) in [5, 5.41) is 3.36. The highest BCUT2D eigenvalue weighted by molar-refractivity contribution is 5.85. The van der Waals surface area contributed by atoms with Crippen molar-refractivity contribution >= 4 is 5.78 Å². The molecule has 0 aromatic rings. The second-order valence-electron chi connectivity index (χ2n) is 5.65. The monoisotopic (exact) mass is 270 g/mol. The zero-order valence-electron chi connectivity index (χ0n) is 13.8. The molecule has 3 nitrogen and oxygen atoms in total. The second-order valence-corrected chi connectivity index (χ2v) is 5.65. The molecule has 1 atom stereocenters. The van der Waals surface area contributed by atoms with Gasteiger partial charge in [-0.25, -0.2) is 0 Å². The zero-order valence-corrected chi connectivity index (χ0v) is 13.8. The molecule has 1 rings (SSSR count). The first-order valence-electron chi connectivity index (χ1n) is 8.00. The van der Waals surface area contributed by atoms with E-state index in [-0.39, 0.29) is 12.0 Å². The van der Waals surface area contributed by atoms with E-state index in [2.05, 4.69) is 24.2 Å². The minimum Gasteiger partial charge on any atom is -0.308 e. The van der Waals surface area contributed by atoms with Crippen LogP contribution in [0.3, 0.4) is 0 Å². The Morgan fingerprint density at radius 3 is 2.21 bits per heavy atom. The summed E-state index contributed by atoms with van der Waals surface area (Å²) in [6.07, 6.45) is 3.51. The third kappa shape index (κ3) is 7.07. The first kappa shape index (κ1) is 18.6. The van der Waals surface area contributed by atoms with Crippen LogP contribution < -0.4 is 5.32 Å². The molecule has 1 aliphatic heterocycles. The van der Waals surface area contributed by atoms with Crippen LogP contribution in [0.4, 0.5) is 0 Å². The molecule has 1 N–H and O–H groups in total. The van der Waals surface area contributed by atoms with Crippen LogP contribution >= 0.6 is 0 Å². The van der Waals surface area contributed by atoms with Crippen LogP contribution in [0, 0.1) is 11.8 Å². The van der Waals surface area contributed by atoms with Crippen LogP contribution in [0.15, 0.2) is 0 Å². The van der Waals surface area contributed by atoms with Crippen molar-refractivity contribution in [2.45, 2.75) is 59.9 Å². The number of nitrogens with zero attached hydrogens (tertiary/aromatic N) is 1. The number of rotatable bonds is 6. The number of nitrogens with one attached hydrogen (secondary N) is 1. The fraction of sp³-hybridized carbons (Fsp3) is 0.938. The highest BCUT2D eigenvalue weighted by atomic mass is 16.1. The van der Waals surface area contributed by atoms with Gasteiger partial charge in [0.05, 0.1) is 6.04 Å². The zero-order chi connectivity index (χ0) is 14.8. The lowest BCUT2D eigenvalue weighted by Gasteiger charge is -2.31. The Bertz CT molecular complexity index is 233. The molecule has 0 aromatic carbocycles. The fourth-order valence-electron chi connectivity index (χ4n) is 2.58. The topological polar surface area (TPSA) is 32.3 Å². The van der Waals surface area contributed by atoms with Crippen LogP contribution in [-0.2, 0) is 4.79 Å². The van der Waals surface area contributed by atoms with E-state index in [1.807, 2.05) is 27.7 Å². The van der Waals surface area contributed by atoms with Gasteiger partial charge in [0.15, 0.2) is 5.78 Å². The summed E-state index contributed by atoms with van der Waals surface area (Å²) in [4.78, 5) is 14.5. The second kappa shape index (κ2) is 10.4. The third-order valence-corrected chi connectivity index (χ3v) is 3.77. The van der Waals surface area contributed by atoms with E-state index in [1.54, 1.807) is 0 Å². The number of hydrogen-bond acceptors (Lipinski definition) is 3. The van der Waals surface area contributed by atoms with Crippen molar-refractivity contribution < 1.29 is 4.79 Å². The van der Waals surface area contributed by atoms with Gasteiger partial charge in [0.1, 0.15) is 0 Å². The lowest BCUT2D eigenvalue weighted by molar-refractivity contribution is -0.124. The van der Waals surface area contributed by atoms with Gasteiger partial charge in [-0.1, -0.05) is 34.6 Å². The molecule has 0 radical (unpaired) electrons. The van der Waals surface area contributed by atoms with Crippen molar-refractivity contribution in [1.82, 2.24) is 10.2 Å². The summed E-state index contributed by atoms with van der Waals surface area (Å²) in [5.74, 6) is 1.24. The summed E-state index contributed by atoms with van der Waals surface area (Å²) < 4.78 is 0. The van der Waals surface area contributed by atoms with E-state index in [4.69, 9.17) is 0 Å². The smallest absolute Gasteiger partial charge is 0.152 e. The van der Waals surface area contributed by atoms with Crippen molar-refractivity contribution in [1.29, 1.82) is 0 Å². The van der Waals surface area contributed by atoms with Crippen molar-refractivity contribution in [2.75, 3.05) is 26.7 Å². The standard InChI is InChI=1S/C14H28N2O.C2H6/c1-5-15-13(14(17)11(2)3)10-12-6-8-16(4)9-7-12;1-2/h11-13,15H,5-10H2,1-4H3;1-2H3. The molecule has 0 aliphatic carbocycles. The molecule has 0 aromatic heterocycles. The maximum atomic E-state index is 12.1. The van der Waals surface area contributed by atoms with Crippen molar-refractivity contribution in [3.63, 3.8) is 0 Å². The maximum Gasteiger partial charge on any atom is 0.152 e. The van der Waals surface area contributed by atoms with Crippen molar-refractivity contribution in [3.05, 3.63) is 0 Å². The molecule has 0 spiro atoms. The van der Waals surface area contributed by atoms with Gasteiger partial charge in [-0.2, -0.15) is 0 Å². The summed E-state index contributed by atoms with van der Waals surface area (Å²) >= 11 is 0. The Kier molecular flexibility index (Phi) is 10.2. The normalized spacial score (nSPS) is 18.9. The van der Waals surface area contributed by atoms with Gasteiger partial charge in [-0.05, 0) is 51.9 Å². The predicted octanol–water partition coefficient (Wildman–Crippen LogP) is 2.95. The van der Waals surface area contributed by atoms with Gasteiger partial charge in [-0.15, -0.1) is 0 Å². The largest absolute Gasteiger partial charge is 0.308 e. The van der Waals surface area contributed by atoms with Crippen LogP contribution in [-0.4, -0.2) is 43.4 Å². The van der Waals surface area contributed by atoms with E-state index in [0.717, 1.165) is 18.9 Å². The predicted molar refractivity (Wildman–Crippen MR) is 83.5 cm³/mol. The van der Waals surface area contributed by atoms with Gasteiger partial charge >= 0.3 is 0 Å². The van der Waals surface area contributed by atoms with Gasteiger partial charge in [0.2, 0.25) is 0 Å². The maximum absolute atomic E-state index is 12.1. The molecule has 1 aliphatic rings. The average molecular weight is 270 g/mol. The van der Waals surface area contributed by atoms with Gasteiger partial charge in [0.25, 0.3) is 0 Å². The Morgan fingerprint density at radius 2 is 1.79 bits per heavy atom. The number of likely N-dealkylation sites (tertiary alicyclic amines) is 1. The lowest BCUT2D eigenvalue weighted by atomic mass is 9.87. The highest BCUT2D eigenvalue weighted by Crippen LogP contribution is 2.22. The van der Waals surface area contributed by atoms with E-state index < -0.39 is 0 Å². The first-order chi connectivity index (χ1) is 9.04. The Labute approximate surface area is 120 Å². The molecular weight excluding hydrogens is 236 g/mol. The Hall–Kier alpha value is -0.410. The molecule has 1 heterocycles. The number of hydrogen-bond donors (Lipinski definition) is 1. The molecule has 114 valence electrons. The van der Waals surface area contributed by atoms with Crippen molar-refractivity contribution in [2.24, 2.45) is 11.8 Å². The number of carbonyl (C=O) groups excluding carboxylic acids is 1. The quantitative estimate of drug-likeness (QED) is 0.805. The molecular formula is C16H34N2O. The van der Waals surface area contributed by atoms with E-state index in [9.17, 15) is 4.79 Å². The molecule has 1 unspecified atom stereocenters. The van der Waals surface area contributed by atoms with Crippen LogP contribution in [0.2, 0.25) is 0 Å². The van der Waals surface area contributed by atoms with Gasteiger partial charge < -0.3 is 10.2 Å². The SMILES string of the molecule is CC.CCNC(CC1CCN(C)CC1)C(=O)C(C)C. The molecule has 19 heavy (non-hydrogen) atoms. The third-order valence-electron chi connectivity index (χ3n) is 3.77. The minimum absolute atomic E-state index is 0.0772. The van der Waals surface area contributed by atoms with E-state index in [1.165, 1.54) is 25.9 Å². The number of likely N-dealkylation sites (N-methyl/N-ethyl adjacent to an activating group) is 1. The van der Waals surface area contributed by atoms with Gasteiger partial charge in [-0.3, -0.25) is 4.79 Å². The number of Topliss-reactive ketones (excluding diaryl/α,β-unsaturated/α-hetero) is 1. The Balaban J connectivity index is 0.00000154. The number of carbonyl (C=O) groups is 1. The molecule has 1 fully saturated rings. The minimum atomic E-state index is 0.0772. The molecule has 0 amide bonds. The summed E-state index contributed by atoms with van der Waals surface area (Å²) in [5.41, 5.74) is 0. The van der Waals surface area contributed by atoms with Crippen LogP contribution in [0.1, 0.15) is 53.9 Å². The van der Waals surface area contributed by atoms with E-state index in [0.29, 0.717) is 5.78 Å². The number of ketones is 1. The van der Waals surface area contributed by atoms with Gasteiger partial charge in [0, 0.05) is 5.92 Å². The first-order valence-corrected chi connectivity index (χ1v) is 8.00. The number of piperidine rings is 1. The van der Waals surface area contributed by atoms with E-state index >= 15 is 0 Å². The summed E-state index contributed by atoms with van der Waals surface area (Å²) in [6, 6.07) is 0.0772.